The second kappa shape index (κ2) is 7.67. The van der Waals surface area contributed by atoms with E-state index in [2.05, 4.69) is 5.32 Å². The number of aliphatic hydroxyl groups is 7. The van der Waals surface area contributed by atoms with Gasteiger partial charge in [0, 0.05) is 6.04 Å². The van der Waals surface area contributed by atoms with E-state index in [0.717, 1.165) is 0 Å². The lowest BCUT2D eigenvalue weighted by Gasteiger charge is -2.46. The Balaban J connectivity index is 0.00000324. The van der Waals surface area contributed by atoms with Crippen LogP contribution >= 0.6 is 12.4 Å². The molecule has 1 fully saturated rings. The van der Waals surface area contributed by atoms with Gasteiger partial charge in [-0.3, -0.25) is 0 Å². The summed E-state index contributed by atoms with van der Waals surface area (Å²) < 4.78 is 0. The molecule has 0 aromatic rings. The number of rotatable bonds is 5. The molecule has 0 aliphatic heterocycles. The van der Waals surface area contributed by atoms with Crippen molar-refractivity contribution >= 4 is 12.4 Å². The summed E-state index contributed by atoms with van der Waals surface area (Å²) in [6.45, 7) is -1.56. The summed E-state index contributed by atoms with van der Waals surface area (Å²) in [7, 11) is 0. The van der Waals surface area contributed by atoms with E-state index in [9.17, 15) is 20.4 Å². The molecule has 0 radical (unpaired) electrons. The van der Waals surface area contributed by atoms with E-state index in [4.69, 9.17) is 15.3 Å². The van der Waals surface area contributed by atoms with E-state index in [1.165, 1.54) is 0 Å². The van der Waals surface area contributed by atoms with Crippen molar-refractivity contribution in [2.24, 2.45) is 0 Å². The van der Waals surface area contributed by atoms with Crippen molar-refractivity contribution in [2.45, 2.75) is 42.4 Å². The Labute approximate surface area is 116 Å². The quantitative estimate of drug-likeness (QED) is 0.255. The number of nitrogens with one attached hydrogen (secondary N) is 1. The first kappa shape index (κ1) is 19.0. The fourth-order valence-corrected chi connectivity index (χ4v) is 2.15. The van der Waals surface area contributed by atoms with Crippen LogP contribution in [0.5, 0.6) is 0 Å². The molecule has 116 valence electrons. The highest BCUT2D eigenvalue weighted by molar-refractivity contribution is 5.85. The van der Waals surface area contributed by atoms with E-state index < -0.39 is 55.8 Å². The molecular weight excluding hydrogens is 282 g/mol. The molecule has 0 bridgehead atoms. The molecule has 0 saturated heterocycles. The predicted molar refractivity (Wildman–Crippen MR) is 66.8 cm³/mol. The average Bonchev–Trinajstić information content (AvgIpc) is 2.39. The Kier molecular flexibility index (Phi) is 7.66. The van der Waals surface area contributed by atoms with Gasteiger partial charge in [0.15, 0.2) is 0 Å². The highest BCUT2D eigenvalue weighted by Gasteiger charge is 2.51. The van der Waals surface area contributed by atoms with Crippen molar-refractivity contribution < 1.29 is 35.7 Å². The van der Waals surface area contributed by atoms with Gasteiger partial charge >= 0.3 is 0 Å². The molecule has 1 aliphatic rings. The van der Waals surface area contributed by atoms with Crippen molar-refractivity contribution in [3.63, 3.8) is 0 Å². The van der Waals surface area contributed by atoms with Crippen LogP contribution in [-0.2, 0) is 0 Å². The largest absolute Gasteiger partial charge is 0.395 e. The van der Waals surface area contributed by atoms with Gasteiger partial charge in [-0.2, -0.15) is 0 Å². The normalized spacial score (nSPS) is 39.2. The number of hydrogen-bond acceptors (Lipinski definition) is 8. The zero-order chi connectivity index (χ0) is 13.9. The summed E-state index contributed by atoms with van der Waals surface area (Å²) in [5, 5.41) is 68.4. The number of hydrogen-bond donors (Lipinski definition) is 8. The summed E-state index contributed by atoms with van der Waals surface area (Å²) in [5.74, 6) is 0. The smallest absolute Gasteiger partial charge is 0.118 e. The van der Waals surface area contributed by atoms with E-state index in [0.29, 0.717) is 0 Å². The minimum Gasteiger partial charge on any atom is -0.395 e. The van der Waals surface area contributed by atoms with Crippen LogP contribution in [0.15, 0.2) is 0 Å². The molecule has 1 rings (SSSR count). The van der Waals surface area contributed by atoms with Crippen LogP contribution in [0.4, 0.5) is 0 Å². The Hall–Kier alpha value is -0.0300. The summed E-state index contributed by atoms with van der Waals surface area (Å²) in [5.41, 5.74) is -1.94. The summed E-state index contributed by atoms with van der Waals surface area (Å²) in [6, 6.07) is -1.60. The van der Waals surface area contributed by atoms with Crippen LogP contribution in [0.1, 0.15) is 6.42 Å². The Morgan fingerprint density at radius 1 is 1.05 bits per heavy atom. The molecule has 5 unspecified atom stereocenters. The van der Waals surface area contributed by atoms with Gasteiger partial charge in [-0.1, -0.05) is 0 Å². The summed E-state index contributed by atoms with van der Waals surface area (Å²) in [4.78, 5) is 0. The third kappa shape index (κ3) is 3.97. The number of aliphatic hydroxyl groups excluding tert-OH is 6. The number of halogens is 1. The molecule has 1 saturated carbocycles. The summed E-state index contributed by atoms with van der Waals surface area (Å²) >= 11 is 0. The Morgan fingerprint density at radius 2 is 1.58 bits per heavy atom. The van der Waals surface area contributed by atoms with E-state index in [1.807, 2.05) is 0 Å². The summed E-state index contributed by atoms with van der Waals surface area (Å²) in [6.07, 6.45) is -4.91. The van der Waals surface area contributed by atoms with E-state index >= 15 is 0 Å². The molecule has 0 heterocycles. The van der Waals surface area contributed by atoms with Gasteiger partial charge in [-0.25, -0.2) is 0 Å². The zero-order valence-electron chi connectivity index (χ0n) is 10.3. The molecular formula is C10H22ClNO7. The monoisotopic (exact) mass is 303 g/mol. The fourth-order valence-electron chi connectivity index (χ4n) is 2.15. The Morgan fingerprint density at radius 3 is 2.00 bits per heavy atom. The molecule has 0 aromatic carbocycles. The van der Waals surface area contributed by atoms with Gasteiger partial charge < -0.3 is 41.1 Å². The third-order valence-corrected chi connectivity index (χ3v) is 3.37. The lowest BCUT2D eigenvalue weighted by Crippen LogP contribution is -2.68. The van der Waals surface area contributed by atoms with Gasteiger partial charge in [0.25, 0.3) is 0 Å². The van der Waals surface area contributed by atoms with Gasteiger partial charge in [0.1, 0.15) is 17.8 Å². The van der Waals surface area contributed by atoms with Crippen molar-refractivity contribution in [3.8, 4) is 0 Å². The van der Waals surface area contributed by atoms with Crippen molar-refractivity contribution in [2.75, 3.05) is 19.8 Å². The first-order valence-corrected chi connectivity index (χ1v) is 5.74. The maximum atomic E-state index is 9.93. The lowest BCUT2D eigenvalue weighted by atomic mass is 9.76. The second-order valence-electron chi connectivity index (χ2n) is 4.73. The molecule has 8 nitrogen and oxygen atoms in total. The van der Waals surface area contributed by atoms with Gasteiger partial charge in [-0.05, 0) is 6.42 Å². The Bertz CT molecular complexity index is 268. The molecule has 5 atom stereocenters. The maximum absolute atomic E-state index is 9.93. The average molecular weight is 304 g/mol. The highest BCUT2D eigenvalue weighted by Crippen LogP contribution is 2.29. The predicted octanol–water partition coefficient (Wildman–Crippen LogP) is -4.07. The second-order valence-corrected chi connectivity index (χ2v) is 4.73. The lowest BCUT2D eigenvalue weighted by molar-refractivity contribution is -0.207. The van der Waals surface area contributed by atoms with Crippen molar-refractivity contribution in [1.82, 2.24) is 5.32 Å². The van der Waals surface area contributed by atoms with Crippen LogP contribution in [-0.4, -0.2) is 91.6 Å². The fraction of sp³-hybridized carbons (Fsp3) is 1.00. The molecule has 0 spiro atoms. The van der Waals surface area contributed by atoms with Crippen LogP contribution in [0.2, 0.25) is 0 Å². The van der Waals surface area contributed by atoms with Crippen LogP contribution < -0.4 is 5.32 Å². The van der Waals surface area contributed by atoms with Crippen LogP contribution in [0, 0.1) is 0 Å². The first-order chi connectivity index (χ1) is 8.39. The first-order valence-electron chi connectivity index (χ1n) is 5.74. The molecule has 0 amide bonds. The van der Waals surface area contributed by atoms with E-state index in [1.54, 1.807) is 0 Å². The third-order valence-electron chi connectivity index (χ3n) is 3.37. The topological polar surface area (TPSA) is 154 Å². The SMILES string of the molecule is Cl.OCC(CO)NC1CC(O)(CO)C(O)C(O)C1O. The van der Waals surface area contributed by atoms with Crippen LogP contribution in [0.3, 0.4) is 0 Å². The standard InChI is InChI=1S/C10H21NO7.ClH/c12-2-5(3-13)11-6-1-10(18,4-14)9(17)8(16)7(6)15;/h5-9,11-18H,1-4H2;1H. The van der Waals surface area contributed by atoms with Gasteiger partial charge in [-0.15, -0.1) is 12.4 Å². The van der Waals surface area contributed by atoms with Gasteiger partial charge in [0.2, 0.25) is 0 Å². The molecule has 1 aliphatic carbocycles. The van der Waals surface area contributed by atoms with Crippen LogP contribution in [0.25, 0.3) is 0 Å². The van der Waals surface area contributed by atoms with Gasteiger partial charge in [0.05, 0.1) is 32.0 Å². The molecule has 19 heavy (non-hydrogen) atoms. The van der Waals surface area contributed by atoms with E-state index in [-0.39, 0.29) is 18.8 Å². The zero-order valence-corrected chi connectivity index (χ0v) is 11.1. The minimum atomic E-state index is -1.94. The van der Waals surface area contributed by atoms with Crippen molar-refractivity contribution in [3.05, 3.63) is 0 Å². The molecule has 9 heteroatoms. The minimum absolute atomic E-state index is 0. The highest BCUT2D eigenvalue weighted by atomic mass is 35.5. The van der Waals surface area contributed by atoms with Crippen molar-refractivity contribution in [1.29, 1.82) is 0 Å². The molecule has 8 N–H and O–H groups in total. The molecule has 0 aromatic heterocycles. The maximum Gasteiger partial charge on any atom is 0.118 e.